The summed E-state index contributed by atoms with van der Waals surface area (Å²) >= 11 is 1.40. The van der Waals surface area contributed by atoms with Gasteiger partial charge in [0.25, 0.3) is 5.91 Å². The number of amides is 1. The first-order chi connectivity index (χ1) is 11.5. The van der Waals surface area contributed by atoms with E-state index in [0.717, 1.165) is 17.1 Å². The Labute approximate surface area is 142 Å². The van der Waals surface area contributed by atoms with E-state index < -0.39 is 5.63 Å². The van der Waals surface area contributed by atoms with Crippen molar-refractivity contribution in [2.24, 2.45) is 5.92 Å². The fourth-order valence-electron chi connectivity index (χ4n) is 2.10. The molecule has 0 unspecified atom stereocenters. The van der Waals surface area contributed by atoms with Crippen molar-refractivity contribution in [3.05, 3.63) is 51.8 Å². The molecule has 0 spiro atoms. The molecule has 6 nitrogen and oxygen atoms in total. The van der Waals surface area contributed by atoms with Crippen LogP contribution < -0.4 is 16.3 Å². The molecular formula is C17H17N3O3S. The standard InChI is InChI=1S/C17H17N3O3S/c1-10(2)8-18-17-20-13(9-24-17)16(22)19-12-4-5-14-11(7-12)3-6-15(21)23-14/h3-7,9-10H,8H2,1-2H3,(H,18,20)(H,19,22). The highest BCUT2D eigenvalue weighted by Crippen LogP contribution is 2.20. The van der Waals surface area contributed by atoms with Gasteiger partial charge in [0.1, 0.15) is 11.3 Å². The molecule has 0 bridgehead atoms. The summed E-state index contributed by atoms with van der Waals surface area (Å²) in [5, 5.41) is 9.19. The summed E-state index contributed by atoms with van der Waals surface area (Å²) in [5.41, 5.74) is 1.06. The molecule has 0 aliphatic heterocycles. The van der Waals surface area contributed by atoms with Crippen LogP contribution in [0.5, 0.6) is 0 Å². The molecule has 0 radical (unpaired) electrons. The number of carbonyl (C=O) groups excluding carboxylic acids is 1. The fraction of sp³-hybridized carbons (Fsp3) is 0.235. The number of carbonyl (C=O) groups is 1. The van der Waals surface area contributed by atoms with E-state index in [1.54, 1.807) is 29.6 Å². The van der Waals surface area contributed by atoms with Crippen LogP contribution in [0.2, 0.25) is 0 Å². The molecule has 2 heterocycles. The first kappa shape index (κ1) is 16.2. The lowest BCUT2D eigenvalue weighted by Gasteiger charge is -2.05. The number of nitrogens with one attached hydrogen (secondary N) is 2. The van der Waals surface area contributed by atoms with E-state index in [9.17, 15) is 9.59 Å². The maximum atomic E-state index is 12.3. The second kappa shape index (κ2) is 6.84. The van der Waals surface area contributed by atoms with Gasteiger partial charge in [0.05, 0.1) is 0 Å². The van der Waals surface area contributed by atoms with Gasteiger partial charge in [0, 0.05) is 29.1 Å². The molecule has 0 aliphatic rings. The molecule has 1 aromatic carbocycles. The number of hydrogen-bond acceptors (Lipinski definition) is 6. The summed E-state index contributed by atoms with van der Waals surface area (Å²) in [6.45, 7) is 5.02. The van der Waals surface area contributed by atoms with Crippen molar-refractivity contribution < 1.29 is 9.21 Å². The Morgan fingerprint density at radius 3 is 2.92 bits per heavy atom. The highest BCUT2D eigenvalue weighted by Gasteiger charge is 2.11. The van der Waals surface area contributed by atoms with Crippen LogP contribution in [-0.4, -0.2) is 17.4 Å². The Morgan fingerprint density at radius 1 is 1.29 bits per heavy atom. The second-order valence-electron chi connectivity index (χ2n) is 5.77. The van der Waals surface area contributed by atoms with Gasteiger partial charge in [0.15, 0.2) is 5.13 Å². The summed E-state index contributed by atoms with van der Waals surface area (Å²) in [7, 11) is 0. The van der Waals surface area contributed by atoms with E-state index in [0.29, 0.717) is 22.9 Å². The summed E-state index contributed by atoms with van der Waals surface area (Å²) in [6.07, 6.45) is 0. The van der Waals surface area contributed by atoms with E-state index in [2.05, 4.69) is 29.5 Å². The maximum absolute atomic E-state index is 12.3. The Balaban J connectivity index is 1.72. The van der Waals surface area contributed by atoms with E-state index in [-0.39, 0.29) is 5.91 Å². The Kier molecular flexibility index (Phi) is 4.61. The van der Waals surface area contributed by atoms with Crippen LogP contribution in [0.15, 0.2) is 44.9 Å². The van der Waals surface area contributed by atoms with Crippen LogP contribution >= 0.6 is 11.3 Å². The van der Waals surface area contributed by atoms with Crippen LogP contribution in [0, 0.1) is 5.92 Å². The number of benzene rings is 1. The Morgan fingerprint density at radius 2 is 2.12 bits per heavy atom. The van der Waals surface area contributed by atoms with Gasteiger partial charge in [-0.2, -0.15) is 0 Å². The first-order valence-electron chi connectivity index (χ1n) is 7.56. The molecule has 2 aromatic heterocycles. The smallest absolute Gasteiger partial charge is 0.336 e. The van der Waals surface area contributed by atoms with Crippen LogP contribution in [0.3, 0.4) is 0 Å². The Bertz CT molecular complexity index is 930. The normalized spacial score (nSPS) is 11.0. The predicted molar refractivity (Wildman–Crippen MR) is 95.9 cm³/mol. The molecule has 0 aliphatic carbocycles. The highest BCUT2D eigenvalue weighted by atomic mass is 32.1. The van der Waals surface area contributed by atoms with Crippen molar-refractivity contribution >= 4 is 39.0 Å². The minimum absolute atomic E-state index is 0.277. The van der Waals surface area contributed by atoms with E-state index in [1.807, 2.05) is 0 Å². The summed E-state index contributed by atoms with van der Waals surface area (Å²) in [4.78, 5) is 27.8. The van der Waals surface area contributed by atoms with E-state index in [4.69, 9.17) is 4.42 Å². The average molecular weight is 343 g/mol. The molecule has 1 amide bonds. The minimum Gasteiger partial charge on any atom is -0.423 e. The fourth-order valence-corrected chi connectivity index (χ4v) is 2.80. The number of aromatic nitrogens is 1. The average Bonchev–Trinajstić information content (AvgIpc) is 3.02. The number of nitrogens with zero attached hydrogens (tertiary/aromatic N) is 1. The summed E-state index contributed by atoms with van der Waals surface area (Å²) in [6, 6.07) is 8.10. The van der Waals surface area contributed by atoms with Crippen molar-refractivity contribution in [1.29, 1.82) is 0 Å². The van der Waals surface area contributed by atoms with E-state index in [1.165, 1.54) is 17.4 Å². The van der Waals surface area contributed by atoms with Gasteiger partial charge >= 0.3 is 5.63 Å². The van der Waals surface area contributed by atoms with Gasteiger partial charge in [0.2, 0.25) is 0 Å². The summed E-state index contributed by atoms with van der Waals surface area (Å²) in [5.74, 6) is 0.226. The molecule has 0 atom stereocenters. The topological polar surface area (TPSA) is 84.2 Å². The Hall–Kier alpha value is -2.67. The highest BCUT2D eigenvalue weighted by molar-refractivity contribution is 7.13. The van der Waals surface area contributed by atoms with Gasteiger partial charge in [-0.05, 0) is 30.2 Å². The molecule has 7 heteroatoms. The second-order valence-corrected chi connectivity index (χ2v) is 6.63. The predicted octanol–water partition coefficient (Wildman–Crippen LogP) is 3.57. The van der Waals surface area contributed by atoms with Gasteiger partial charge in [-0.15, -0.1) is 11.3 Å². The maximum Gasteiger partial charge on any atom is 0.336 e. The number of fused-ring (bicyclic) bond motifs is 1. The lowest BCUT2D eigenvalue weighted by Crippen LogP contribution is -2.13. The molecule has 2 N–H and O–H groups in total. The van der Waals surface area contributed by atoms with Crippen molar-refractivity contribution in [3.63, 3.8) is 0 Å². The third kappa shape index (κ3) is 3.80. The monoisotopic (exact) mass is 343 g/mol. The zero-order valence-electron chi connectivity index (χ0n) is 13.3. The molecule has 124 valence electrons. The molecule has 0 saturated carbocycles. The van der Waals surface area contributed by atoms with Gasteiger partial charge in [-0.1, -0.05) is 13.8 Å². The van der Waals surface area contributed by atoms with Crippen molar-refractivity contribution in [2.45, 2.75) is 13.8 Å². The molecule has 24 heavy (non-hydrogen) atoms. The van der Waals surface area contributed by atoms with E-state index >= 15 is 0 Å². The third-order valence-corrected chi connectivity index (χ3v) is 4.08. The van der Waals surface area contributed by atoms with Crippen LogP contribution in [0.25, 0.3) is 11.0 Å². The van der Waals surface area contributed by atoms with Crippen molar-refractivity contribution in [2.75, 3.05) is 17.2 Å². The quantitative estimate of drug-likeness (QED) is 0.692. The number of rotatable bonds is 5. The molecule has 3 aromatic rings. The summed E-state index contributed by atoms with van der Waals surface area (Å²) < 4.78 is 5.07. The van der Waals surface area contributed by atoms with Crippen LogP contribution in [-0.2, 0) is 0 Å². The first-order valence-corrected chi connectivity index (χ1v) is 8.44. The molecule has 0 fully saturated rings. The van der Waals surface area contributed by atoms with Crippen molar-refractivity contribution in [3.8, 4) is 0 Å². The third-order valence-electron chi connectivity index (χ3n) is 3.28. The molecular weight excluding hydrogens is 326 g/mol. The SMILES string of the molecule is CC(C)CNc1nc(C(=O)Nc2ccc3oc(=O)ccc3c2)cs1. The largest absolute Gasteiger partial charge is 0.423 e. The lowest BCUT2D eigenvalue weighted by atomic mass is 10.2. The van der Waals surface area contributed by atoms with Crippen LogP contribution in [0.4, 0.5) is 10.8 Å². The minimum atomic E-state index is -0.400. The van der Waals surface area contributed by atoms with Crippen molar-refractivity contribution in [1.82, 2.24) is 4.98 Å². The molecule has 3 rings (SSSR count). The van der Waals surface area contributed by atoms with Gasteiger partial charge in [-0.25, -0.2) is 9.78 Å². The lowest BCUT2D eigenvalue weighted by molar-refractivity contribution is 0.102. The number of anilines is 2. The number of thiazole rings is 1. The zero-order valence-corrected chi connectivity index (χ0v) is 14.1. The molecule has 0 saturated heterocycles. The van der Waals surface area contributed by atoms with Crippen LogP contribution in [0.1, 0.15) is 24.3 Å². The van der Waals surface area contributed by atoms with Gasteiger partial charge < -0.3 is 15.1 Å². The zero-order chi connectivity index (χ0) is 17.1. The van der Waals surface area contributed by atoms with Gasteiger partial charge in [-0.3, -0.25) is 4.79 Å². The number of hydrogen-bond donors (Lipinski definition) is 2.